The highest BCUT2D eigenvalue weighted by Gasteiger charge is 2.50. The number of anilines is 1. The Morgan fingerprint density at radius 1 is 1.22 bits per heavy atom. The van der Waals surface area contributed by atoms with Crippen LogP contribution in [0.1, 0.15) is 11.8 Å². The van der Waals surface area contributed by atoms with E-state index in [1.165, 1.54) is 11.3 Å². The Labute approximate surface area is 137 Å². The monoisotopic (exact) mass is 329 g/mol. The summed E-state index contributed by atoms with van der Waals surface area (Å²) in [4.78, 5) is 38.5. The van der Waals surface area contributed by atoms with Crippen molar-refractivity contribution in [3.8, 4) is 0 Å². The summed E-state index contributed by atoms with van der Waals surface area (Å²) in [7, 11) is 0. The van der Waals surface area contributed by atoms with Crippen LogP contribution in [0, 0.1) is 0 Å². The first kappa shape index (κ1) is 15.2. The van der Waals surface area contributed by atoms with Crippen LogP contribution < -0.4 is 10.6 Å². The second kappa shape index (κ2) is 5.85. The predicted octanol–water partition coefficient (Wildman–Crippen LogP) is 2.15. The predicted molar refractivity (Wildman–Crippen MR) is 87.0 cm³/mol. The number of para-hydroxylation sites is 1. The smallest absolute Gasteiger partial charge is 0.325 e. The second-order valence-electron chi connectivity index (χ2n) is 5.34. The molecule has 4 amide bonds. The molecule has 0 spiro atoms. The maximum Gasteiger partial charge on any atom is 0.325 e. The van der Waals surface area contributed by atoms with Crippen molar-refractivity contribution in [1.82, 2.24) is 10.2 Å². The van der Waals surface area contributed by atoms with Crippen molar-refractivity contribution < 1.29 is 14.4 Å². The van der Waals surface area contributed by atoms with Crippen LogP contribution in [0.3, 0.4) is 0 Å². The number of benzene rings is 1. The summed E-state index contributed by atoms with van der Waals surface area (Å²) < 4.78 is 0. The van der Waals surface area contributed by atoms with Crippen molar-refractivity contribution in [1.29, 1.82) is 0 Å². The fourth-order valence-electron chi connectivity index (χ4n) is 2.44. The van der Waals surface area contributed by atoms with Crippen LogP contribution in [-0.4, -0.2) is 29.3 Å². The van der Waals surface area contributed by atoms with E-state index in [4.69, 9.17) is 0 Å². The number of amides is 4. The largest absolute Gasteiger partial charge is 0.325 e. The Kier molecular flexibility index (Phi) is 3.87. The molecule has 1 aromatic carbocycles. The molecule has 1 fully saturated rings. The van der Waals surface area contributed by atoms with Crippen molar-refractivity contribution in [2.24, 2.45) is 0 Å². The third kappa shape index (κ3) is 2.83. The number of hydrogen-bond donors (Lipinski definition) is 2. The highest BCUT2D eigenvalue weighted by Crippen LogP contribution is 2.31. The molecule has 1 aliphatic rings. The van der Waals surface area contributed by atoms with E-state index >= 15 is 0 Å². The second-order valence-corrected chi connectivity index (χ2v) is 6.29. The summed E-state index contributed by atoms with van der Waals surface area (Å²) in [6.07, 6.45) is 0. The Hall–Kier alpha value is -2.67. The highest BCUT2D eigenvalue weighted by atomic mass is 32.1. The molecule has 1 atom stereocenters. The van der Waals surface area contributed by atoms with Gasteiger partial charge in [0.05, 0.1) is 0 Å². The van der Waals surface area contributed by atoms with Gasteiger partial charge in [-0.1, -0.05) is 24.3 Å². The van der Waals surface area contributed by atoms with E-state index in [1.807, 2.05) is 17.5 Å². The van der Waals surface area contributed by atoms with Crippen molar-refractivity contribution >= 4 is 34.9 Å². The minimum absolute atomic E-state index is 0.319. The van der Waals surface area contributed by atoms with E-state index in [0.29, 0.717) is 5.69 Å². The van der Waals surface area contributed by atoms with Crippen LogP contribution in [0.2, 0.25) is 0 Å². The zero-order valence-electron chi connectivity index (χ0n) is 12.4. The average Bonchev–Trinajstić information content (AvgIpc) is 3.13. The van der Waals surface area contributed by atoms with Crippen LogP contribution >= 0.6 is 11.3 Å². The molecule has 6 nitrogen and oxygen atoms in total. The Bertz CT molecular complexity index is 745. The SMILES string of the molecule is C[C@]1(c2cccs2)NC(=O)N(CC(=O)Nc2ccccc2)C1=O. The van der Waals surface area contributed by atoms with Crippen molar-refractivity contribution in [2.75, 3.05) is 11.9 Å². The molecule has 1 aliphatic heterocycles. The molecular weight excluding hydrogens is 314 g/mol. The van der Waals surface area contributed by atoms with Gasteiger partial charge in [-0.2, -0.15) is 0 Å². The van der Waals surface area contributed by atoms with E-state index in [2.05, 4.69) is 10.6 Å². The van der Waals surface area contributed by atoms with Crippen LogP contribution in [0.25, 0.3) is 0 Å². The van der Waals surface area contributed by atoms with Gasteiger partial charge in [-0.15, -0.1) is 11.3 Å². The van der Waals surface area contributed by atoms with Gasteiger partial charge in [-0.05, 0) is 30.5 Å². The lowest BCUT2D eigenvalue weighted by molar-refractivity contribution is -0.133. The number of imide groups is 1. The summed E-state index contributed by atoms with van der Waals surface area (Å²) >= 11 is 1.39. The van der Waals surface area contributed by atoms with E-state index < -0.39 is 23.4 Å². The number of hydrogen-bond acceptors (Lipinski definition) is 4. The molecule has 2 heterocycles. The molecule has 2 N–H and O–H groups in total. The molecule has 7 heteroatoms. The minimum Gasteiger partial charge on any atom is -0.325 e. The summed E-state index contributed by atoms with van der Waals surface area (Å²) in [6, 6.07) is 11.9. The summed E-state index contributed by atoms with van der Waals surface area (Å²) in [5.41, 5.74) is -0.497. The van der Waals surface area contributed by atoms with E-state index in [1.54, 1.807) is 37.3 Å². The summed E-state index contributed by atoms with van der Waals surface area (Å²) in [5, 5.41) is 7.17. The van der Waals surface area contributed by atoms with Gasteiger partial charge in [0, 0.05) is 10.6 Å². The molecular formula is C16H15N3O3S. The number of carbonyl (C=O) groups is 3. The number of urea groups is 1. The first-order valence-corrected chi connectivity index (χ1v) is 7.91. The molecule has 0 radical (unpaired) electrons. The van der Waals surface area contributed by atoms with Gasteiger partial charge >= 0.3 is 6.03 Å². The zero-order valence-corrected chi connectivity index (χ0v) is 13.2. The molecule has 1 aromatic heterocycles. The Morgan fingerprint density at radius 3 is 2.61 bits per heavy atom. The maximum atomic E-state index is 12.6. The van der Waals surface area contributed by atoms with Crippen molar-refractivity contribution in [2.45, 2.75) is 12.5 Å². The van der Waals surface area contributed by atoms with E-state index in [-0.39, 0.29) is 6.54 Å². The average molecular weight is 329 g/mol. The number of nitrogens with zero attached hydrogens (tertiary/aromatic N) is 1. The van der Waals surface area contributed by atoms with Gasteiger partial charge in [0.15, 0.2) is 5.54 Å². The number of nitrogens with one attached hydrogen (secondary N) is 2. The lowest BCUT2D eigenvalue weighted by Crippen LogP contribution is -2.41. The fourth-order valence-corrected chi connectivity index (χ4v) is 3.27. The van der Waals surface area contributed by atoms with Gasteiger partial charge < -0.3 is 10.6 Å². The van der Waals surface area contributed by atoms with Crippen molar-refractivity contribution in [3.05, 3.63) is 52.7 Å². The molecule has 118 valence electrons. The first-order valence-electron chi connectivity index (χ1n) is 7.04. The molecule has 0 saturated carbocycles. The molecule has 23 heavy (non-hydrogen) atoms. The highest BCUT2D eigenvalue weighted by molar-refractivity contribution is 7.10. The molecule has 0 bridgehead atoms. The third-order valence-corrected chi connectivity index (χ3v) is 4.74. The normalized spacial score (nSPS) is 20.5. The fraction of sp³-hybridized carbons (Fsp3) is 0.188. The van der Waals surface area contributed by atoms with Crippen LogP contribution in [-0.2, 0) is 15.1 Å². The summed E-state index contributed by atoms with van der Waals surface area (Å²) in [6.45, 7) is 1.33. The molecule has 0 aliphatic carbocycles. The lowest BCUT2D eigenvalue weighted by Gasteiger charge is -2.19. The Balaban J connectivity index is 1.72. The van der Waals surface area contributed by atoms with Gasteiger partial charge in [-0.25, -0.2) is 4.79 Å². The van der Waals surface area contributed by atoms with Gasteiger partial charge in [0.1, 0.15) is 6.54 Å². The molecule has 0 unspecified atom stereocenters. The van der Waals surface area contributed by atoms with Crippen molar-refractivity contribution in [3.63, 3.8) is 0 Å². The molecule has 3 rings (SSSR count). The van der Waals surface area contributed by atoms with Crippen LogP contribution in [0.4, 0.5) is 10.5 Å². The number of thiophene rings is 1. The molecule has 1 saturated heterocycles. The zero-order chi connectivity index (χ0) is 16.4. The number of carbonyl (C=O) groups excluding carboxylic acids is 3. The van der Waals surface area contributed by atoms with Crippen LogP contribution in [0.15, 0.2) is 47.8 Å². The van der Waals surface area contributed by atoms with Gasteiger partial charge in [0.25, 0.3) is 5.91 Å². The topological polar surface area (TPSA) is 78.5 Å². The van der Waals surface area contributed by atoms with Crippen LogP contribution in [0.5, 0.6) is 0 Å². The van der Waals surface area contributed by atoms with E-state index in [0.717, 1.165) is 9.78 Å². The summed E-state index contributed by atoms with van der Waals surface area (Å²) in [5.74, 6) is -0.844. The quantitative estimate of drug-likeness (QED) is 0.844. The first-order chi connectivity index (χ1) is 11.0. The van der Waals surface area contributed by atoms with Gasteiger partial charge in [0.2, 0.25) is 5.91 Å². The molecule has 2 aromatic rings. The minimum atomic E-state index is -1.11. The lowest BCUT2D eigenvalue weighted by atomic mass is 10.0. The standard InChI is InChI=1S/C16H15N3O3S/c1-16(12-8-5-9-23-12)14(21)19(15(22)18-16)10-13(20)17-11-6-3-2-4-7-11/h2-9H,10H2,1H3,(H,17,20)(H,18,22)/t16-/m1/s1. The number of rotatable bonds is 4. The van der Waals surface area contributed by atoms with Gasteiger partial charge in [-0.3, -0.25) is 14.5 Å². The maximum absolute atomic E-state index is 12.6. The third-order valence-electron chi connectivity index (χ3n) is 3.65. The van der Waals surface area contributed by atoms with E-state index in [9.17, 15) is 14.4 Å². The Morgan fingerprint density at radius 2 is 1.96 bits per heavy atom.